The molecule has 1 aromatic rings. The Morgan fingerprint density at radius 1 is 1.59 bits per heavy atom. The van der Waals surface area contributed by atoms with E-state index >= 15 is 0 Å². The van der Waals surface area contributed by atoms with Gasteiger partial charge in [-0.1, -0.05) is 13.8 Å². The lowest BCUT2D eigenvalue weighted by atomic mass is 9.82. The van der Waals surface area contributed by atoms with Crippen molar-refractivity contribution in [3.8, 4) is 0 Å². The second-order valence-electron chi connectivity index (χ2n) is 5.69. The fraction of sp³-hybridized carbons (Fsp3) is 0.769. The highest BCUT2D eigenvalue weighted by atomic mass is 32.2. The Morgan fingerprint density at radius 2 is 2.41 bits per heavy atom. The molecule has 0 spiro atoms. The van der Waals surface area contributed by atoms with Gasteiger partial charge in [-0.15, -0.1) is 0 Å². The second-order valence-corrected chi connectivity index (χ2v) is 6.84. The maximum Gasteiger partial charge on any atom is 0.0946 e. The van der Waals surface area contributed by atoms with Crippen molar-refractivity contribution >= 4 is 11.8 Å². The van der Waals surface area contributed by atoms with Crippen molar-refractivity contribution in [2.24, 2.45) is 5.41 Å². The molecule has 1 aromatic heterocycles. The maximum atomic E-state index is 4.08. The third-order valence-corrected chi connectivity index (χ3v) is 4.71. The van der Waals surface area contributed by atoms with Crippen LogP contribution in [0.5, 0.6) is 0 Å². The van der Waals surface area contributed by atoms with E-state index in [-0.39, 0.29) is 0 Å². The molecule has 1 saturated heterocycles. The summed E-state index contributed by atoms with van der Waals surface area (Å²) in [7, 11) is 0. The monoisotopic (exact) mass is 253 g/mol. The molecular formula is C13H23N3S. The van der Waals surface area contributed by atoms with Gasteiger partial charge in [0.25, 0.3) is 0 Å². The highest BCUT2D eigenvalue weighted by Crippen LogP contribution is 2.34. The van der Waals surface area contributed by atoms with Gasteiger partial charge in [0.15, 0.2) is 0 Å². The van der Waals surface area contributed by atoms with Gasteiger partial charge in [-0.3, -0.25) is 0 Å². The zero-order chi connectivity index (χ0) is 12.3. The number of hydrogen-bond donors (Lipinski definition) is 1. The summed E-state index contributed by atoms with van der Waals surface area (Å²) in [4.78, 5) is 4.08. The molecule has 0 saturated carbocycles. The fourth-order valence-electron chi connectivity index (χ4n) is 2.32. The van der Waals surface area contributed by atoms with E-state index in [1.807, 2.05) is 18.7 Å². The molecule has 0 aliphatic carbocycles. The molecule has 2 rings (SSSR count). The number of aromatic nitrogens is 2. The van der Waals surface area contributed by atoms with Crippen LogP contribution in [0.3, 0.4) is 0 Å². The molecule has 1 aliphatic rings. The predicted molar refractivity (Wildman–Crippen MR) is 74.3 cm³/mol. The van der Waals surface area contributed by atoms with E-state index in [9.17, 15) is 0 Å². The Bertz CT molecular complexity index is 334. The molecule has 1 aliphatic heterocycles. The third kappa shape index (κ3) is 3.49. The van der Waals surface area contributed by atoms with Gasteiger partial charge in [-0.05, 0) is 24.5 Å². The van der Waals surface area contributed by atoms with Crippen molar-refractivity contribution in [3.05, 3.63) is 18.7 Å². The Kier molecular flexibility index (Phi) is 4.15. The van der Waals surface area contributed by atoms with Crippen molar-refractivity contribution in [2.45, 2.75) is 45.8 Å². The molecule has 2 atom stereocenters. The number of nitrogens with one attached hydrogen (secondary N) is 1. The smallest absolute Gasteiger partial charge is 0.0946 e. The average Bonchev–Trinajstić information content (AvgIpc) is 2.73. The van der Waals surface area contributed by atoms with E-state index in [1.54, 1.807) is 0 Å². The van der Waals surface area contributed by atoms with E-state index in [2.05, 4.69) is 47.4 Å². The minimum Gasteiger partial charge on any atom is -0.336 e. The quantitative estimate of drug-likeness (QED) is 0.893. The summed E-state index contributed by atoms with van der Waals surface area (Å²) >= 11 is 2.07. The van der Waals surface area contributed by atoms with E-state index in [1.165, 1.54) is 17.9 Å². The summed E-state index contributed by atoms with van der Waals surface area (Å²) in [5, 5.41) is 3.78. The summed E-state index contributed by atoms with van der Waals surface area (Å²) in [5.74, 6) is 2.54. The normalized spacial score (nSPS) is 25.7. The molecule has 17 heavy (non-hydrogen) atoms. The first-order valence-electron chi connectivity index (χ1n) is 6.37. The summed E-state index contributed by atoms with van der Waals surface area (Å²) < 4.78 is 2.14. The molecular weight excluding hydrogens is 230 g/mol. The fourth-order valence-corrected chi connectivity index (χ4v) is 3.94. The van der Waals surface area contributed by atoms with Gasteiger partial charge in [0.05, 0.1) is 6.33 Å². The Hall–Kier alpha value is -0.480. The van der Waals surface area contributed by atoms with Gasteiger partial charge in [0, 0.05) is 36.8 Å². The van der Waals surface area contributed by atoms with E-state index < -0.39 is 0 Å². The second kappa shape index (κ2) is 5.44. The van der Waals surface area contributed by atoms with Crippen LogP contribution in [0.4, 0.5) is 0 Å². The summed E-state index contributed by atoms with van der Waals surface area (Å²) in [5.41, 5.74) is 0.425. The van der Waals surface area contributed by atoms with Gasteiger partial charge < -0.3 is 9.88 Å². The highest BCUT2D eigenvalue weighted by molar-refractivity contribution is 7.99. The van der Waals surface area contributed by atoms with Crippen LogP contribution < -0.4 is 5.32 Å². The minimum atomic E-state index is 0.425. The van der Waals surface area contributed by atoms with Crippen LogP contribution in [0.2, 0.25) is 0 Å². The molecule has 1 N–H and O–H groups in total. The topological polar surface area (TPSA) is 29.9 Å². The minimum absolute atomic E-state index is 0.425. The Balaban J connectivity index is 1.87. The summed E-state index contributed by atoms with van der Waals surface area (Å²) in [6.45, 7) is 8.02. The number of rotatable bonds is 4. The van der Waals surface area contributed by atoms with Crippen molar-refractivity contribution in [3.63, 3.8) is 0 Å². The van der Waals surface area contributed by atoms with Gasteiger partial charge in [0.1, 0.15) is 0 Å². The number of hydrogen-bond acceptors (Lipinski definition) is 3. The molecule has 0 bridgehead atoms. The first kappa shape index (κ1) is 13.0. The van der Waals surface area contributed by atoms with Crippen molar-refractivity contribution in [1.29, 1.82) is 0 Å². The van der Waals surface area contributed by atoms with Gasteiger partial charge in [0.2, 0.25) is 0 Å². The Morgan fingerprint density at radius 3 is 3.06 bits per heavy atom. The zero-order valence-corrected chi connectivity index (χ0v) is 11.8. The van der Waals surface area contributed by atoms with Crippen LogP contribution >= 0.6 is 11.8 Å². The molecule has 0 amide bonds. The first-order chi connectivity index (χ1) is 8.08. The van der Waals surface area contributed by atoms with Gasteiger partial charge >= 0.3 is 0 Å². The predicted octanol–water partition coefficient (Wildman–Crippen LogP) is 2.39. The molecule has 0 aromatic carbocycles. The van der Waals surface area contributed by atoms with E-state index in [0.717, 1.165) is 6.54 Å². The van der Waals surface area contributed by atoms with Crippen LogP contribution in [-0.4, -0.2) is 33.1 Å². The summed E-state index contributed by atoms with van der Waals surface area (Å²) in [6.07, 6.45) is 7.07. The molecule has 2 heterocycles. The summed E-state index contributed by atoms with van der Waals surface area (Å²) in [6, 6.07) is 1.12. The van der Waals surface area contributed by atoms with Crippen LogP contribution in [0.1, 0.15) is 27.2 Å². The number of nitrogens with zero attached hydrogens (tertiary/aromatic N) is 2. The highest BCUT2D eigenvalue weighted by Gasteiger charge is 2.32. The molecule has 0 radical (unpaired) electrons. The Labute approximate surface area is 108 Å². The van der Waals surface area contributed by atoms with Crippen LogP contribution in [-0.2, 0) is 6.54 Å². The number of imidazole rings is 1. The average molecular weight is 253 g/mol. The number of thioether (sulfide) groups is 1. The lowest BCUT2D eigenvalue weighted by molar-refractivity contribution is 0.225. The first-order valence-corrected chi connectivity index (χ1v) is 7.53. The van der Waals surface area contributed by atoms with Gasteiger partial charge in [-0.25, -0.2) is 4.98 Å². The van der Waals surface area contributed by atoms with E-state index in [0.29, 0.717) is 17.5 Å². The SMILES string of the molecule is CC(Cn1ccnc1)NC1CSCCC1(C)C. The molecule has 3 nitrogen and oxygen atoms in total. The van der Waals surface area contributed by atoms with Crippen LogP contribution in [0.25, 0.3) is 0 Å². The molecule has 4 heteroatoms. The van der Waals surface area contributed by atoms with Crippen molar-refractivity contribution < 1.29 is 0 Å². The lowest BCUT2D eigenvalue weighted by Crippen LogP contribution is -2.50. The van der Waals surface area contributed by atoms with E-state index in [4.69, 9.17) is 0 Å². The largest absolute Gasteiger partial charge is 0.336 e. The van der Waals surface area contributed by atoms with Crippen LogP contribution in [0, 0.1) is 5.41 Å². The van der Waals surface area contributed by atoms with Crippen LogP contribution in [0.15, 0.2) is 18.7 Å². The maximum absolute atomic E-state index is 4.08. The molecule has 1 fully saturated rings. The molecule has 2 unspecified atom stereocenters. The lowest BCUT2D eigenvalue weighted by Gasteiger charge is -2.40. The molecule has 96 valence electrons. The standard InChI is InChI=1S/C13H23N3S/c1-11(8-16-6-5-14-10-16)15-12-9-17-7-4-13(12,2)3/h5-6,10-12,15H,4,7-9H2,1-3H3. The van der Waals surface area contributed by atoms with Gasteiger partial charge in [-0.2, -0.15) is 11.8 Å². The zero-order valence-electron chi connectivity index (χ0n) is 11.0. The third-order valence-electron chi connectivity index (χ3n) is 3.65. The van der Waals surface area contributed by atoms with Crippen molar-refractivity contribution in [1.82, 2.24) is 14.9 Å². The van der Waals surface area contributed by atoms with Crippen molar-refractivity contribution in [2.75, 3.05) is 11.5 Å².